The fraction of sp³-hybridized carbons (Fsp3) is 0.500. The number of Topliss-reactive ketones (excluding diaryl/α,β-unsaturated/α-hetero) is 2. The van der Waals surface area contributed by atoms with E-state index in [9.17, 15) is 34.8 Å². The third-order valence-electron chi connectivity index (χ3n) is 8.29. The normalized spacial score (nSPS) is 30.5. The zero-order valence-corrected chi connectivity index (χ0v) is 20.3. The second kappa shape index (κ2) is 8.43. The van der Waals surface area contributed by atoms with Gasteiger partial charge in [0.2, 0.25) is 5.78 Å². The zero-order valence-electron chi connectivity index (χ0n) is 20.3. The van der Waals surface area contributed by atoms with Crippen LogP contribution < -0.4 is 5.73 Å². The number of hydrogen-bond donors (Lipinski definition) is 5. The van der Waals surface area contributed by atoms with Gasteiger partial charge in [-0.3, -0.25) is 24.2 Å². The molecular formula is C26H31N3O7. The Kier molecular flexibility index (Phi) is 5.73. The lowest BCUT2D eigenvalue weighted by Crippen LogP contribution is -2.65. The molecule has 0 unspecified atom stereocenters. The van der Waals surface area contributed by atoms with Crippen LogP contribution in [0.5, 0.6) is 5.75 Å². The smallest absolute Gasteiger partial charge is 0.255 e. The van der Waals surface area contributed by atoms with Gasteiger partial charge in [0, 0.05) is 18.0 Å². The van der Waals surface area contributed by atoms with Crippen LogP contribution >= 0.6 is 0 Å². The number of benzene rings is 1. The highest BCUT2D eigenvalue weighted by atomic mass is 16.3. The maximum atomic E-state index is 13.8. The number of phenolic OH excluding ortho intramolecular Hbond substituents is 1. The molecule has 2 fully saturated rings. The second-order valence-electron chi connectivity index (χ2n) is 10.5. The number of phenols is 1. The predicted molar refractivity (Wildman–Crippen MR) is 129 cm³/mol. The van der Waals surface area contributed by atoms with Crippen molar-refractivity contribution < 1.29 is 34.8 Å². The van der Waals surface area contributed by atoms with Crippen molar-refractivity contribution in [3.63, 3.8) is 0 Å². The first-order valence-corrected chi connectivity index (χ1v) is 12.2. The third-order valence-corrected chi connectivity index (χ3v) is 8.29. The molecule has 1 heterocycles. The van der Waals surface area contributed by atoms with E-state index in [-0.39, 0.29) is 23.3 Å². The summed E-state index contributed by atoms with van der Waals surface area (Å²) >= 11 is 0. The SMILES string of the molecule is CN(C)[C@H]1C(=O)C(C(N)=O)=C(O)[C@]2(O)C(=O)C3=C(O)c4c(O)ccc(CN5CCCC5)c4C[C@@H]3C[C@H]12. The van der Waals surface area contributed by atoms with Gasteiger partial charge in [0.1, 0.15) is 22.8 Å². The van der Waals surface area contributed by atoms with E-state index in [1.165, 1.54) is 11.0 Å². The van der Waals surface area contributed by atoms with Crippen LogP contribution in [0.15, 0.2) is 29.0 Å². The van der Waals surface area contributed by atoms with Crippen molar-refractivity contribution in [3.05, 3.63) is 45.7 Å². The standard InChI is InChI=1S/C26H31N3O7/c1-28(2)20-15-10-13-9-14-12(11-29-7-3-4-8-29)5-6-16(30)18(14)21(31)17(13)23(33)26(15,36)24(34)19(22(20)32)25(27)35/h5-6,13,15,20,30-31,34,36H,3-4,7-11H2,1-2H3,(H2,27,35)/t13-,15-,20-,26-/m1/s1. The average Bonchev–Trinajstić information content (AvgIpc) is 3.31. The van der Waals surface area contributed by atoms with Crippen molar-refractivity contribution in [1.82, 2.24) is 9.80 Å². The first-order chi connectivity index (χ1) is 17.0. The Balaban J connectivity index is 1.67. The highest BCUT2D eigenvalue weighted by molar-refractivity contribution is 6.24. The van der Waals surface area contributed by atoms with Gasteiger partial charge in [-0.25, -0.2) is 0 Å². The molecule has 1 aromatic carbocycles. The highest BCUT2D eigenvalue weighted by Gasteiger charge is 2.64. The molecular weight excluding hydrogens is 466 g/mol. The number of likely N-dealkylation sites (N-methyl/N-ethyl adjacent to an activating group) is 1. The molecule has 1 amide bonds. The Bertz CT molecular complexity index is 1240. The van der Waals surface area contributed by atoms with Gasteiger partial charge in [-0.05, 0) is 76.0 Å². The van der Waals surface area contributed by atoms with Crippen LogP contribution in [0.2, 0.25) is 0 Å². The summed E-state index contributed by atoms with van der Waals surface area (Å²) < 4.78 is 0. The number of nitrogens with two attached hydrogens (primary N) is 1. The van der Waals surface area contributed by atoms with Gasteiger partial charge in [0.05, 0.1) is 11.6 Å². The highest BCUT2D eigenvalue weighted by Crippen LogP contribution is 2.53. The van der Waals surface area contributed by atoms with E-state index in [0.29, 0.717) is 13.0 Å². The number of carbonyl (C=O) groups is 3. The first kappa shape index (κ1) is 24.5. The number of aromatic hydroxyl groups is 1. The molecule has 192 valence electrons. The molecule has 0 spiro atoms. The number of aliphatic hydroxyl groups is 3. The number of primary amides is 1. The van der Waals surface area contributed by atoms with Crippen LogP contribution in [0, 0.1) is 11.8 Å². The zero-order chi connectivity index (χ0) is 26.1. The van der Waals surface area contributed by atoms with Crippen molar-refractivity contribution in [3.8, 4) is 5.75 Å². The number of carbonyl (C=O) groups excluding carboxylic acids is 3. The number of nitrogens with zero attached hydrogens (tertiary/aromatic N) is 2. The average molecular weight is 498 g/mol. The summed E-state index contributed by atoms with van der Waals surface area (Å²) in [6.45, 7) is 2.56. The molecule has 10 nitrogen and oxygen atoms in total. The number of fused-ring (bicyclic) bond motifs is 3. The van der Waals surface area contributed by atoms with E-state index in [1.807, 2.05) is 6.07 Å². The summed E-state index contributed by atoms with van der Waals surface area (Å²) in [6.07, 6.45) is 2.62. The van der Waals surface area contributed by atoms with Crippen LogP contribution in [0.3, 0.4) is 0 Å². The van der Waals surface area contributed by atoms with Gasteiger partial charge in [-0.2, -0.15) is 0 Å². The quantitative estimate of drug-likeness (QED) is 0.374. The molecule has 1 saturated carbocycles. The summed E-state index contributed by atoms with van der Waals surface area (Å²) in [6, 6.07) is 2.22. The summed E-state index contributed by atoms with van der Waals surface area (Å²) in [5.41, 5.74) is 3.59. The molecule has 0 radical (unpaired) electrons. The lowest BCUT2D eigenvalue weighted by Gasteiger charge is -2.50. The number of hydrogen-bond acceptors (Lipinski definition) is 9. The topological polar surface area (TPSA) is 165 Å². The molecule has 0 aromatic heterocycles. The lowest BCUT2D eigenvalue weighted by atomic mass is 9.57. The molecule has 0 bridgehead atoms. The summed E-state index contributed by atoms with van der Waals surface area (Å²) in [7, 11) is 3.17. The van der Waals surface area contributed by atoms with Gasteiger partial charge in [0.25, 0.3) is 5.91 Å². The summed E-state index contributed by atoms with van der Waals surface area (Å²) in [5.74, 6) is -6.36. The molecule has 4 aliphatic rings. The van der Waals surface area contributed by atoms with Crippen molar-refractivity contribution in [1.29, 1.82) is 0 Å². The molecule has 1 aromatic rings. The van der Waals surface area contributed by atoms with Crippen molar-refractivity contribution in [2.75, 3.05) is 27.2 Å². The second-order valence-corrected chi connectivity index (χ2v) is 10.5. The summed E-state index contributed by atoms with van der Waals surface area (Å²) in [5, 5.41) is 44.5. The molecule has 5 rings (SSSR count). The Labute approximate surface area is 208 Å². The molecule has 10 heteroatoms. The lowest BCUT2D eigenvalue weighted by molar-refractivity contribution is -0.153. The van der Waals surface area contributed by atoms with Gasteiger partial charge >= 0.3 is 0 Å². The molecule has 4 atom stereocenters. The van der Waals surface area contributed by atoms with Crippen LogP contribution in [0.4, 0.5) is 0 Å². The number of rotatable bonds is 4. The maximum absolute atomic E-state index is 13.8. The van der Waals surface area contributed by atoms with Crippen molar-refractivity contribution >= 4 is 23.2 Å². The molecule has 3 aliphatic carbocycles. The molecule has 36 heavy (non-hydrogen) atoms. The van der Waals surface area contributed by atoms with Gasteiger partial charge < -0.3 is 26.2 Å². The number of ketones is 2. The van der Waals surface area contributed by atoms with E-state index < -0.39 is 58.0 Å². The van der Waals surface area contributed by atoms with E-state index in [4.69, 9.17) is 5.73 Å². The Morgan fingerprint density at radius 1 is 1.17 bits per heavy atom. The number of amides is 1. The largest absolute Gasteiger partial charge is 0.508 e. The van der Waals surface area contributed by atoms with Crippen LogP contribution in [0.25, 0.3) is 5.76 Å². The van der Waals surface area contributed by atoms with E-state index in [0.717, 1.165) is 37.1 Å². The van der Waals surface area contributed by atoms with Gasteiger partial charge in [-0.1, -0.05) is 6.07 Å². The fourth-order valence-electron chi connectivity index (χ4n) is 6.64. The minimum absolute atomic E-state index is 0.0879. The van der Waals surface area contributed by atoms with Gasteiger partial charge in [0.15, 0.2) is 11.4 Å². The van der Waals surface area contributed by atoms with E-state index >= 15 is 0 Å². The monoisotopic (exact) mass is 497 g/mol. The third kappa shape index (κ3) is 3.31. The first-order valence-electron chi connectivity index (χ1n) is 12.2. The summed E-state index contributed by atoms with van der Waals surface area (Å²) in [4.78, 5) is 42.8. The number of aliphatic hydroxyl groups excluding tert-OH is 2. The predicted octanol–water partition coefficient (Wildman–Crippen LogP) is 0.560. The maximum Gasteiger partial charge on any atom is 0.255 e. The Hall–Kier alpha value is -3.21. The molecule has 1 saturated heterocycles. The Morgan fingerprint density at radius 3 is 2.44 bits per heavy atom. The number of likely N-dealkylation sites (tertiary alicyclic amines) is 1. The fourth-order valence-corrected chi connectivity index (χ4v) is 6.64. The van der Waals surface area contributed by atoms with Crippen LogP contribution in [-0.4, -0.2) is 86.5 Å². The minimum Gasteiger partial charge on any atom is -0.508 e. The molecule has 6 N–H and O–H groups in total. The van der Waals surface area contributed by atoms with Crippen molar-refractivity contribution in [2.24, 2.45) is 17.6 Å². The van der Waals surface area contributed by atoms with Crippen molar-refractivity contribution in [2.45, 2.75) is 43.9 Å². The van der Waals surface area contributed by atoms with Crippen LogP contribution in [0.1, 0.15) is 36.0 Å². The van der Waals surface area contributed by atoms with Gasteiger partial charge in [-0.15, -0.1) is 0 Å². The van der Waals surface area contributed by atoms with E-state index in [1.54, 1.807) is 14.1 Å². The molecule has 1 aliphatic heterocycles. The van der Waals surface area contributed by atoms with Crippen LogP contribution in [-0.2, 0) is 27.3 Å². The van der Waals surface area contributed by atoms with E-state index in [2.05, 4.69) is 4.90 Å². The minimum atomic E-state index is -2.62. The Morgan fingerprint density at radius 2 is 1.83 bits per heavy atom.